The van der Waals surface area contributed by atoms with Crippen LogP contribution in [0.2, 0.25) is 0 Å². The Labute approximate surface area is 151 Å². The van der Waals surface area contributed by atoms with Crippen LogP contribution in [0.3, 0.4) is 0 Å². The maximum absolute atomic E-state index is 11.5. The third-order valence-electron chi connectivity index (χ3n) is 2.88. The van der Waals surface area contributed by atoms with Crippen molar-refractivity contribution in [2.75, 3.05) is 13.2 Å². The summed E-state index contributed by atoms with van der Waals surface area (Å²) in [5.41, 5.74) is 0. The Morgan fingerprint density at radius 1 is 0.808 bits per heavy atom. The number of aldehydes is 1. The molecule has 0 aromatic carbocycles. The van der Waals surface area contributed by atoms with Crippen LogP contribution in [-0.4, -0.2) is 67.8 Å². The summed E-state index contributed by atoms with van der Waals surface area (Å²) < 4.78 is 25.3. The van der Waals surface area contributed by atoms with Gasteiger partial charge in [0.05, 0.1) is 0 Å². The summed E-state index contributed by atoms with van der Waals surface area (Å²) in [6.07, 6.45) is -5.08. The monoisotopic (exact) mass is 376 g/mol. The second kappa shape index (κ2) is 12.0. The number of carbonyl (C=O) groups excluding carboxylic acids is 5. The number of hydrogen-bond donors (Lipinski definition) is 0. The normalized spacial score (nSPS) is 15.0. The lowest BCUT2D eigenvalue weighted by molar-refractivity contribution is -0.198. The first kappa shape index (κ1) is 23.5. The van der Waals surface area contributed by atoms with Crippen LogP contribution in [0.4, 0.5) is 0 Å². The molecule has 0 radical (unpaired) electrons. The van der Waals surface area contributed by atoms with E-state index in [9.17, 15) is 24.0 Å². The minimum Gasteiger partial charge on any atom is -0.462 e. The molecule has 148 valence electrons. The highest BCUT2D eigenvalue weighted by molar-refractivity contribution is 5.71. The van der Waals surface area contributed by atoms with E-state index in [4.69, 9.17) is 23.7 Å². The van der Waals surface area contributed by atoms with Gasteiger partial charge in [0.2, 0.25) is 0 Å². The maximum Gasteiger partial charge on any atom is 0.303 e. The fourth-order valence-electron chi connectivity index (χ4n) is 2.09. The molecule has 0 aromatic heterocycles. The highest BCUT2D eigenvalue weighted by Crippen LogP contribution is 2.19. The van der Waals surface area contributed by atoms with Gasteiger partial charge in [0.25, 0.3) is 0 Å². The largest absolute Gasteiger partial charge is 0.462 e. The number of rotatable bonds is 11. The Morgan fingerprint density at radius 3 is 1.73 bits per heavy atom. The molecule has 10 nitrogen and oxygen atoms in total. The average molecular weight is 376 g/mol. The van der Waals surface area contributed by atoms with Gasteiger partial charge in [0, 0.05) is 34.3 Å². The van der Waals surface area contributed by atoms with Crippen molar-refractivity contribution in [2.45, 2.75) is 59.0 Å². The van der Waals surface area contributed by atoms with E-state index < -0.39 is 54.9 Å². The molecule has 4 atom stereocenters. The molecule has 0 amide bonds. The smallest absolute Gasteiger partial charge is 0.303 e. The first-order valence-corrected chi connectivity index (χ1v) is 7.84. The summed E-state index contributed by atoms with van der Waals surface area (Å²) in [6, 6.07) is 0. The van der Waals surface area contributed by atoms with Crippen LogP contribution in [0.15, 0.2) is 0 Å². The fraction of sp³-hybridized carbons (Fsp3) is 0.688. The van der Waals surface area contributed by atoms with Gasteiger partial charge >= 0.3 is 23.9 Å². The van der Waals surface area contributed by atoms with E-state index >= 15 is 0 Å². The van der Waals surface area contributed by atoms with Crippen LogP contribution in [0, 0.1) is 0 Å². The van der Waals surface area contributed by atoms with Crippen LogP contribution in [-0.2, 0) is 47.7 Å². The molecule has 0 aromatic rings. The van der Waals surface area contributed by atoms with Crippen molar-refractivity contribution in [1.82, 2.24) is 0 Å². The lowest BCUT2D eigenvalue weighted by Crippen LogP contribution is -2.53. The Bertz CT molecular complexity index is 515. The quantitative estimate of drug-likeness (QED) is 0.275. The zero-order valence-electron chi connectivity index (χ0n) is 15.4. The van der Waals surface area contributed by atoms with Gasteiger partial charge in [0.15, 0.2) is 24.6 Å². The molecule has 0 fully saturated rings. The number of carbonyl (C=O) groups is 5. The molecular weight excluding hydrogens is 352 g/mol. The average Bonchev–Trinajstić information content (AvgIpc) is 2.51. The maximum atomic E-state index is 11.5. The third kappa shape index (κ3) is 9.11. The predicted molar refractivity (Wildman–Crippen MR) is 84.8 cm³/mol. The molecule has 0 saturated heterocycles. The Hall–Kier alpha value is -2.49. The second-order valence-corrected chi connectivity index (χ2v) is 5.15. The van der Waals surface area contributed by atoms with Crippen LogP contribution in [0.25, 0.3) is 0 Å². The number of ether oxygens (including phenoxy) is 5. The summed E-state index contributed by atoms with van der Waals surface area (Å²) >= 11 is 0. The molecule has 0 saturated carbocycles. The fourth-order valence-corrected chi connectivity index (χ4v) is 2.09. The van der Waals surface area contributed by atoms with Crippen molar-refractivity contribution in [2.24, 2.45) is 0 Å². The Kier molecular flexibility index (Phi) is 10.8. The second-order valence-electron chi connectivity index (χ2n) is 5.15. The van der Waals surface area contributed by atoms with Gasteiger partial charge in [-0.15, -0.1) is 0 Å². The van der Waals surface area contributed by atoms with Crippen LogP contribution < -0.4 is 0 Å². The summed E-state index contributed by atoms with van der Waals surface area (Å²) in [5, 5.41) is 0. The first-order valence-electron chi connectivity index (χ1n) is 7.84. The highest BCUT2D eigenvalue weighted by atomic mass is 16.6. The Morgan fingerprint density at radius 2 is 1.35 bits per heavy atom. The van der Waals surface area contributed by atoms with Gasteiger partial charge in [-0.2, -0.15) is 0 Å². The SMILES string of the molecule is CCOC(C(C=O)OC(C)=O)C(OC(C)=O)C(COC(C)=O)OC(C)=O. The van der Waals surface area contributed by atoms with Crippen molar-refractivity contribution in [3.8, 4) is 0 Å². The van der Waals surface area contributed by atoms with Crippen LogP contribution >= 0.6 is 0 Å². The summed E-state index contributed by atoms with van der Waals surface area (Å²) in [5.74, 6) is -2.95. The highest BCUT2D eigenvalue weighted by Gasteiger charge is 2.42. The molecule has 0 bridgehead atoms. The van der Waals surface area contributed by atoms with Crippen molar-refractivity contribution < 1.29 is 47.7 Å². The van der Waals surface area contributed by atoms with Crippen molar-refractivity contribution in [3.05, 3.63) is 0 Å². The zero-order chi connectivity index (χ0) is 20.3. The van der Waals surface area contributed by atoms with E-state index in [1.807, 2.05) is 0 Å². The predicted octanol–water partition coefficient (Wildman–Crippen LogP) is -0.0514. The molecule has 0 aliphatic rings. The number of esters is 4. The van der Waals surface area contributed by atoms with E-state index in [1.165, 1.54) is 0 Å². The molecule has 0 heterocycles. The van der Waals surface area contributed by atoms with Crippen molar-refractivity contribution in [1.29, 1.82) is 0 Å². The minimum atomic E-state index is -1.44. The van der Waals surface area contributed by atoms with Crippen molar-refractivity contribution >= 4 is 30.2 Å². The Balaban J connectivity index is 5.82. The molecule has 0 N–H and O–H groups in total. The summed E-state index contributed by atoms with van der Waals surface area (Å²) in [4.78, 5) is 56.6. The molecule has 0 spiro atoms. The summed E-state index contributed by atoms with van der Waals surface area (Å²) in [6.45, 7) is 5.62. The number of hydrogen-bond acceptors (Lipinski definition) is 10. The van der Waals surface area contributed by atoms with Crippen molar-refractivity contribution in [3.63, 3.8) is 0 Å². The molecule has 0 aliphatic heterocycles. The van der Waals surface area contributed by atoms with Gasteiger partial charge in [-0.3, -0.25) is 24.0 Å². The van der Waals surface area contributed by atoms with E-state index in [1.54, 1.807) is 6.92 Å². The molecular formula is C16H24O10. The standard InChI is InChI=1S/C16H24O10/c1-6-22-15(13(7-17)24-10(3)19)16(26-12(5)21)14(25-11(4)20)8-23-9(2)18/h7,13-16H,6,8H2,1-5H3. The minimum absolute atomic E-state index is 0.0639. The zero-order valence-corrected chi connectivity index (χ0v) is 15.4. The first-order chi connectivity index (χ1) is 12.1. The topological polar surface area (TPSA) is 132 Å². The molecule has 10 heteroatoms. The van der Waals surface area contributed by atoms with E-state index in [0.29, 0.717) is 6.29 Å². The molecule has 0 rings (SSSR count). The van der Waals surface area contributed by atoms with E-state index in [0.717, 1.165) is 27.7 Å². The van der Waals surface area contributed by atoms with Crippen LogP contribution in [0.1, 0.15) is 34.6 Å². The van der Waals surface area contributed by atoms with Gasteiger partial charge in [-0.05, 0) is 6.92 Å². The third-order valence-corrected chi connectivity index (χ3v) is 2.88. The molecule has 4 unspecified atom stereocenters. The van der Waals surface area contributed by atoms with E-state index in [2.05, 4.69) is 0 Å². The molecule has 0 aliphatic carbocycles. The lowest BCUT2D eigenvalue weighted by atomic mass is 10.0. The van der Waals surface area contributed by atoms with Gasteiger partial charge in [0.1, 0.15) is 12.7 Å². The van der Waals surface area contributed by atoms with Gasteiger partial charge in [-0.25, -0.2) is 0 Å². The van der Waals surface area contributed by atoms with Crippen LogP contribution in [0.5, 0.6) is 0 Å². The lowest BCUT2D eigenvalue weighted by Gasteiger charge is -2.33. The van der Waals surface area contributed by atoms with E-state index in [-0.39, 0.29) is 6.61 Å². The van der Waals surface area contributed by atoms with Gasteiger partial charge < -0.3 is 23.7 Å². The van der Waals surface area contributed by atoms with Gasteiger partial charge in [-0.1, -0.05) is 0 Å². The summed E-state index contributed by atoms with van der Waals surface area (Å²) in [7, 11) is 0. The molecule has 26 heavy (non-hydrogen) atoms.